The average molecular weight is 234 g/mol. The topological polar surface area (TPSA) is 52.1 Å². The van der Waals surface area contributed by atoms with Crippen LogP contribution in [0.25, 0.3) is 0 Å². The fraction of sp³-hybridized carbons (Fsp3) is 0.182. The van der Waals surface area contributed by atoms with Crippen molar-refractivity contribution in [2.75, 3.05) is 7.11 Å². The van der Waals surface area contributed by atoms with Crippen molar-refractivity contribution < 1.29 is 9.53 Å². The molecule has 0 aliphatic rings. The van der Waals surface area contributed by atoms with Crippen LogP contribution in [-0.2, 0) is 6.42 Å². The highest BCUT2D eigenvalue weighted by molar-refractivity contribution is 7.10. The largest absolute Gasteiger partial charge is 0.481 e. The van der Waals surface area contributed by atoms with Gasteiger partial charge in [0.05, 0.1) is 7.11 Å². The van der Waals surface area contributed by atoms with Gasteiger partial charge in [-0.05, 0) is 11.4 Å². The Bertz CT molecular complexity index is 482. The predicted octanol–water partition coefficient (Wildman–Crippen LogP) is 1.97. The Morgan fingerprint density at radius 3 is 3.06 bits per heavy atom. The van der Waals surface area contributed by atoms with Crippen molar-refractivity contribution in [3.63, 3.8) is 0 Å². The second kappa shape index (κ2) is 4.85. The van der Waals surface area contributed by atoms with Crippen LogP contribution in [0.1, 0.15) is 15.4 Å². The fourth-order valence-electron chi connectivity index (χ4n) is 1.27. The van der Waals surface area contributed by atoms with Crippen molar-refractivity contribution >= 4 is 17.1 Å². The third-order valence-corrected chi connectivity index (χ3v) is 2.93. The van der Waals surface area contributed by atoms with Gasteiger partial charge in [-0.15, -0.1) is 11.3 Å². The van der Waals surface area contributed by atoms with Gasteiger partial charge in [0.25, 0.3) is 0 Å². The third-order valence-electron chi connectivity index (χ3n) is 2.05. The van der Waals surface area contributed by atoms with Crippen LogP contribution in [0.5, 0.6) is 5.88 Å². The molecule has 0 aliphatic heterocycles. The van der Waals surface area contributed by atoms with E-state index in [-0.39, 0.29) is 5.78 Å². The van der Waals surface area contributed by atoms with E-state index in [0.717, 1.165) is 4.88 Å². The minimum absolute atomic E-state index is 0.0249. The van der Waals surface area contributed by atoms with Crippen molar-refractivity contribution in [1.82, 2.24) is 9.97 Å². The molecule has 2 rings (SSSR count). The maximum absolute atomic E-state index is 11.8. The molecule has 0 aromatic carbocycles. The summed E-state index contributed by atoms with van der Waals surface area (Å²) in [5, 5.41) is 1.95. The monoisotopic (exact) mass is 234 g/mol. The molecule has 4 nitrogen and oxygen atoms in total. The molecule has 0 N–H and O–H groups in total. The molecule has 5 heteroatoms. The summed E-state index contributed by atoms with van der Waals surface area (Å²) < 4.78 is 4.94. The molecule has 0 atom stereocenters. The summed E-state index contributed by atoms with van der Waals surface area (Å²) in [6, 6.07) is 5.41. The molecule has 0 fully saturated rings. The van der Waals surface area contributed by atoms with Gasteiger partial charge in [-0.1, -0.05) is 6.07 Å². The summed E-state index contributed by atoms with van der Waals surface area (Å²) in [6.07, 6.45) is 1.71. The van der Waals surface area contributed by atoms with Gasteiger partial charge in [-0.2, -0.15) is 0 Å². The number of hydrogen-bond donors (Lipinski definition) is 0. The predicted molar refractivity (Wildman–Crippen MR) is 60.9 cm³/mol. The van der Waals surface area contributed by atoms with Gasteiger partial charge in [0.2, 0.25) is 5.88 Å². The molecule has 2 aromatic heterocycles. The van der Waals surface area contributed by atoms with Crippen LogP contribution in [-0.4, -0.2) is 22.9 Å². The number of nitrogens with zero attached hydrogens (tertiary/aromatic N) is 2. The van der Waals surface area contributed by atoms with Gasteiger partial charge in [0.1, 0.15) is 12.0 Å². The van der Waals surface area contributed by atoms with Crippen LogP contribution in [0, 0.1) is 0 Å². The van der Waals surface area contributed by atoms with Crippen molar-refractivity contribution in [1.29, 1.82) is 0 Å². The highest BCUT2D eigenvalue weighted by Gasteiger charge is 2.10. The third kappa shape index (κ3) is 2.43. The van der Waals surface area contributed by atoms with Crippen molar-refractivity contribution in [2.45, 2.75) is 6.42 Å². The summed E-state index contributed by atoms with van der Waals surface area (Å²) in [5.41, 5.74) is 0.389. The molecular weight excluding hydrogens is 224 g/mol. The second-order valence-electron chi connectivity index (χ2n) is 3.12. The molecule has 0 spiro atoms. The maximum atomic E-state index is 11.8. The van der Waals surface area contributed by atoms with Crippen molar-refractivity contribution in [3.8, 4) is 5.88 Å². The maximum Gasteiger partial charge on any atom is 0.216 e. The van der Waals surface area contributed by atoms with Crippen LogP contribution in [0.4, 0.5) is 0 Å². The Morgan fingerprint density at radius 2 is 2.38 bits per heavy atom. The van der Waals surface area contributed by atoms with E-state index in [0.29, 0.717) is 18.0 Å². The molecule has 0 amide bonds. The summed E-state index contributed by atoms with van der Waals surface area (Å²) >= 11 is 1.56. The van der Waals surface area contributed by atoms with Crippen LogP contribution < -0.4 is 4.74 Å². The van der Waals surface area contributed by atoms with E-state index >= 15 is 0 Å². The number of ketones is 1. The van der Waals surface area contributed by atoms with E-state index < -0.39 is 0 Å². The standard InChI is InChI=1S/C11H10N2O2S/c1-15-11-6-9(12-7-13-11)10(14)5-8-3-2-4-16-8/h2-4,6-7H,5H2,1H3. The number of methoxy groups -OCH3 is 1. The summed E-state index contributed by atoms with van der Waals surface area (Å²) in [7, 11) is 1.51. The van der Waals surface area contributed by atoms with Crippen LogP contribution in [0.3, 0.4) is 0 Å². The van der Waals surface area contributed by atoms with Gasteiger partial charge in [-0.3, -0.25) is 4.79 Å². The highest BCUT2D eigenvalue weighted by atomic mass is 32.1. The van der Waals surface area contributed by atoms with Crippen LogP contribution in [0.2, 0.25) is 0 Å². The van der Waals surface area contributed by atoms with E-state index in [4.69, 9.17) is 4.74 Å². The molecule has 2 heterocycles. The number of hydrogen-bond acceptors (Lipinski definition) is 5. The Labute approximate surface area is 96.9 Å². The molecule has 82 valence electrons. The highest BCUT2D eigenvalue weighted by Crippen LogP contribution is 2.13. The lowest BCUT2D eigenvalue weighted by Gasteiger charge is -2.00. The minimum atomic E-state index is -0.0249. The molecule has 0 saturated carbocycles. The van der Waals surface area contributed by atoms with Gasteiger partial charge >= 0.3 is 0 Å². The number of carbonyl (C=O) groups is 1. The SMILES string of the molecule is COc1cc(C(=O)Cc2cccs2)ncn1. The van der Waals surface area contributed by atoms with E-state index in [2.05, 4.69) is 9.97 Å². The minimum Gasteiger partial charge on any atom is -0.481 e. The molecule has 2 aromatic rings. The first-order chi connectivity index (χ1) is 7.79. The lowest BCUT2D eigenvalue weighted by molar-refractivity contribution is 0.0988. The lowest BCUT2D eigenvalue weighted by atomic mass is 10.2. The van der Waals surface area contributed by atoms with Crippen LogP contribution in [0.15, 0.2) is 29.9 Å². The Hall–Kier alpha value is -1.75. The molecule has 0 radical (unpaired) electrons. The van der Waals surface area contributed by atoms with Crippen LogP contribution >= 0.6 is 11.3 Å². The molecule has 0 saturated heterocycles. The molecule has 0 bridgehead atoms. The normalized spacial score (nSPS) is 10.1. The summed E-state index contributed by atoms with van der Waals surface area (Å²) in [6.45, 7) is 0. The zero-order valence-electron chi connectivity index (χ0n) is 8.71. The van der Waals surface area contributed by atoms with E-state index in [1.54, 1.807) is 17.4 Å². The molecular formula is C11H10N2O2S. The van der Waals surface area contributed by atoms with Gasteiger partial charge in [-0.25, -0.2) is 9.97 Å². The average Bonchev–Trinajstić information content (AvgIpc) is 2.82. The number of aromatic nitrogens is 2. The van der Waals surface area contributed by atoms with Crippen molar-refractivity contribution in [3.05, 3.63) is 40.5 Å². The zero-order valence-corrected chi connectivity index (χ0v) is 9.53. The fourth-order valence-corrected chi connectivity index (χ4v) is 1.97. The lowest BCUT2D eigenvalue weighted by Crippen LogP contribution is -2.05. The number of Topliss-reactive ketones (excluding diaryl/α,β-unsaturated/α-hetero) is 1. The van der Waals surface area contributed by atoms with Crippen molar-refractivity contribution in [2.24, 2.45) is 0 Å². The van der Waals surface area contributed by atoms with E-state index in [1.165, 1.54) is 13.4 Å². The smallest absolute Gasteiger partial charge is 0.216 e. The van der Waals surface area contributed by atoms with E-state index in [1.807, 2.05) is 17.5 Å². The second-order valence-corrected chi connectivity index (χ2v) is 4.16. The van der Waals surface area contributed by atoms with Gasteiger partial charge < -0.3 is 4.74 Å². The molecule has 16 heavy (non-hydrogen) atoms. The number of rotatable bonds is 4. The summed E-state index contributed by atoms with van der Waals surface area (Å²) in [5.74, 6) is 0.382. The first kappa shape index (κ1) is 10.8. The first-order valence-electron chi connectivity index (χ1n) is 4.71. The number of thiophene rings is 1. The molecule has 0 unspecified atom stereocenters. The quantitative estimate of drug-likeness (QED) is 0.759. The Morgan fingerprint density at radius 1 is 1.50 bits per heavy atom. The van der Waals surface area contributed by atoms with Gasteiger partial charge in [0, 0.05) is 17.4 Å². The number of ether oxygens (including phenoxy) is 1. The summed E-state index contributed by atoms with van der Waals surface area (Å²) in [4.78, 5) is 20.7. The Kier molecular flexibility index (Phi) is 3.26. The zero-order chi connectivity index (χ0) is 11.4. The molecule has 0 aliphatic carbocycles. The van der Waals surface area contributed by atoms with E-state index in [9.17, 15) is 4.79 Å². The first-order valence-corrected chi connectivity index (χ1v) is 5.59. The number of carbonyl (C=O) groups excluding carboxylic acids is 1. The van der Waals surface area contributed by atoms with Gasteiger partial charge in [0.15, 0.2) is 5.78 Å². The Balaban J connectivity index is 2.14.